The summed E-state index contributed by atoms with van der Waals surface area (Å²) in [6.07, 6.45) is 0. The molecule has 0 bridgehead atoms. The van der Waals surface area contributed by atoms with E-state index in [2.05, 4.69) is 0 Å². The van der Waals surface area contributed by atoms with E-state index in [1.807, 2.05) is 9.24 Å². The van der Waals surface area contributed by atoms with Gasteiger partial charge >= 0.3 is 0 Å². The molecule has 0 saturated carbocycles. The number of hydrogen-bond donors (Lipinski definition) is 0. The Morgan fingerprint density at radius 2 is 1.40 bits per heavy atom. The highest BCUT2D eigenvalue weighted by Crippen LogP contribution is 1.53. The molecule has 1 unspecified atom stereocenters. The van der Waals surface area contributed by atoms with Gasteiger partial charge in [0.15, 0.2) is 0 Å². The van der Waals surface area contributed by atoms with Crippen LogP contribution < -0.4 is 0 Å². The van der Waals surface area contributed by atoms with Gasteiger partial charge in [-0.25, -0.2) is 0 Å². The lowest BCUT2D eigenvalue weighted by atomic mass is 11.8. The van der Waals surface area contributed by atoms with Crippen LogP contribution in [0.15, 0.2) is 0 Å². The third-order valence-corrected chi connectivity index (χ3v) is 0. The van der Waals surface area contributed by atoms with E-state index in [1.54, 1.807) is 0 Å². The second-order valence-corrected chi connectivity index (χ2v) is 0.408. The van der Waals surface area contributed by atoms with Gasteiger partial charge in [-0.05, 0) is 0 Å². The van der Waals surface area contributed by atoms with Crippen molar-refractivity contribution in [1.29, 1.82) is 0 Å². The Balaban J connectivity index is -0.0000000200. The van der Waals surface area contributed by atoms with Crippen LogP contribution in [-0.2, 0) is 4.79 Å². The third kappa shape index (κ3) is 1810. The molecule has 0 rings (SSSR count). The summed E-state index contributed by atoms with van der Waals surface area (Å²) in [7, 11) is 1.90. The molecule has 0 aliphatic rings. The van der Waals surface area contributed by atoms with Crippen LogP contribution in [-0.4, -0.2) is 6.03 Å². The van der Waals surface area contributed by atoms with E-state index < -0.39 is 0 Å². The molecule has 34 valence electrons. The second-order valence-electron chi connectivity index (χ2n) is 0.136. The fourth-order valence-corrected chi connectivity index (χ4v) is 0. The van der Waals surface area contributed by atoms with Crippen molar-refractivity contribution in [2.24, 2.45) is 0 Å². The summed E-state index contributed by atoms with van der Waals surface area (Å²) in [6.45, 7) is 0. The highest BCUT2D eigenvalue weighted by molar-refractivity contribution is 7.36. The molecule has 0 aliphatic heterocycles. The predicted octanol–water partition coefficient (Wildman–Crippen LogP) is 1.32. The molecular weight excluding hydrogens is 83.0 g/mol. The average Bonchev–Trinajstić information content (AvgIpc) is 0.918. The minimum absolute atomic E-state index is 0. The number of carbonyl (C=O) groups excluding carboxylic acids is 1. The summed E-state index contributed by atoms with van der Waals surface area (Å²) in [5, 5.41) is 0. The predicted molar refractivity (Wildman–Crippen MR) is 29.9 cm³/mol. The highest BCUT2D eigenvalue weighted by atomic mass is 31.0. The largest absolute Gasteiger partial charge is 0.299 e. The van der Waals surface area contributed by atoms with Crippen molar-refractivity contribution in [3.05, 3.63) is 0 Å². The first-order valence-electron chi connectivity index (χ1n) is 0.569. The average molecular weight is 94.1 g/mol. The van der Waals surface area contributed by atoms with Crippen LogP contribution in [0, 0.1) is 0 Å². The molecule has 0 aromatic heterocycles. The molecule has 2 heteroatoms. The summed E-state index contributed by atoms with van der Waals surface area (Å²) in [5.74, 6) is 0. The maximum absolute atomic E-state index is 8.77. The monoisotopic (exact) mass is 94.1 g/mol. The maximum Gasteiger partial charge on any atom is 0.135 e. The molecule has 0 aromatic rings. The molecule has 1 atom stereocenters. The zero-order chi connectivity index (χ0) is 2.71. The van der Waals surface area contributed by atoms with Gasteiger partial charge in [-0.1, -0.05) is 24.1 Å². The van der Waals surface area contributed by atoms with E-state index in [-0.39, 0.29) is 14.9 Å². The summed E-state index contributed by atoms with van der Waals surface area (Å²) in [6, 6.07) is 0.667. The minimum atomic E-state index is 0. The second kappa shape index (κ2) is 32.6. The molecule has 0 amide bonds. The van der Waals surface area contributed by atoms with E-state index >= 15 is 0 Å². The van der Waals surface area contributed by atoms with Crippen LogP contribution in [0.2, 0.25) is 0 Å². The highest BCUT2D eigenvalue weighted by Gasteiger charge is 1.23. The van der Waals surface area contributed by atoms with Crippen molar-refractivity contribution >= 4 is 15.3 Å². The van der Waals surface area contributed by atoms with E-state index in [0.29, 0.717) is 6.03 Å². The molecule has 0 N–H and O–H groups in total. The maximum atomic E-state index is 8.77. The number of rotatable bonds is 0. The molecule has 0 fully saturated rings. The topological polar surface area (TPSA) is 17.1 Å². The van der Waals surface area contributed by atoms with Crippen LogP contribution in [0.25, 0.3) is 0 Å². The quantitative estimate of drug-likeness (QED) is 0.327. The first-order chi connectivity index (χ1) is 1.41. The van der Waals surface area contributed by atoms with Crippen molar-refractivity contribution in [2.45, 2.75) is 14.9 Å². The lowest BCUT2D eigenvalue weighted by Crippen LogP contribution is -1.22. The van der Waals surface area contributed by atoms with Crippen LogP contribution >= 0.6 is 9.24 Å². The first-order valence-corrected chi connectivity index (χ1v) is 1.24. The van der Waals surface area contributed by atoms with Gasteiger partial charge in [-0.2, -0.15) is 0 Å². The van der Waals surface area contributed by atoms with Crippen LogP contribution in [0.1, 0.15) is 14.9 Å². The van der Waals surface area contributed by atoms with Crippen molar-refractivity contribution in [2.75, 3.05) is 0 Å². The van der Waals surface area contributed by atoms with Crippen molar-refractivity contribution in [3.63, 3.8) is 0 Å². The molecule has 0 aliphatic carbocycles. The molecule has 1 nitrogen and oxygen atoms in total. The third-order valence-electron chi connectivity index (χ3n) is 0. The Morgan fingerprint density at radius 3 is 1.40 bits per heavy atom. The van der Waals surface area contributed by atoms with Crippen molar-refractivity contribution < 1.29 is 4.79 Å². The van der Waals surface area contributed by atoms with Gasteiger partial charge in [-0.3, -0.25) is 4.79 Å². The molecule has 0 aromatic carbocycles. The summed E-state index contributed by atoms with van der Waals surface area (Å²) >= 11 is 0. The Kier molecular flexibility index (Phi) is 127. The van der Waals surface area contributed by atoms with Crippen LogP contribution in [0.3, 0.4) is 0 Å². The van der Waals surface area contributed by atoms with E-state index in [9.17, 15) is 0 Å². The van der Waals surface area contributed by atoms with Gasteiger partial charge in [0.1, 0.15) is 6.03 Å². The van der Waals surface area contributed by atoms with Gasteiger partial charge in [0.2, 0.25) is 0 Å². The lowest BCUT2D eigenvalue weighted by Gasteiger charge is -1.24. The number of carbonyl (C=O) groups is 1. The molecule has 5 heavy (non-hydrogen) atoms. The van der Waals surface area contributed by atoms with E-state index in [0.717, 1.165) is 0 Å². The van der Waals surface area contributed by atoms with Gasteiger partial charge in [-0.15, -0.1) is 0 Å². The Morgan fingerprint density at radius 1 is 1.40 bits per heavy atom. The Bertz CT molecular complexity index is 14.4. The van der Waals surface area contributed by atoms with Gasteiger partial charge in [0.25, 0.3) is 0 Å². The fraction of sp³-hybridized carbons (Fsp3) is 0.667. The summed E-state index contributed by atoms with van der Waals surface area (Å²) in [4.78, 5) is 8.77. The van der Waals surface area contributed by atoms with E-state index in [1.165, 1.54) is 0 Å². The molecular formula is C3H11OP. The SMILES string of the molecule is C.C.O=CP. The van der Waals surface area contributed by atoms with Gasteiger partial charge in [0.05, 0.1) is 0 Å². The number of hydrogen-bond acceptors (Lipinski definition) is 1. The van der Waals surface area contributed by atoms with Gasteiger partial charge in [0, 0.05) is 0 Å². The molecule has 0 saturated heterocycles. The zero-order valence-electron chi connectivity index (χ0n) is 1.56. The zero-order valence-corrected chi connectivity index (χ0v) is 2.72. The fourth-order valence-electron chi connectivity index (χ4n) is 0. The normalized spacial score (nSPS) is 2.60. The van der Waals surface area contributed by atoms with Crippen LogP contribution in [0.5, 0.6) is 0 Å². The Hall–Kier alpha value is 0.100. The van der Waals surface area contributed by atoms with Crippen LogP contribution in [0.4, 0.5) is 0 Å². The summed E-state index contributed by atoms with van der Waals surface area (Å²) < 4.78 is 0. The smallest absolute Gasteiger partial charge is 0.135 e. The Labute approximate surface area is 36.0 Å². The molecule has 0 radical (unpaired) electrons. The summed E-state index contributed by atoms with van der Waals surface area (Å²) in [5.41, 5.74) is 0. The van der Waals surface area contributed by atoms with Gasteiger partial charge < -0.3 is 0 Å². The minimum Gasteiger partial charge on any atom is -0.299 e. The van der Waals surface area contributed by atoms with E-state index in [4.69, 9.17) is 4.79 Å². The lowest BCUT2D eigenvalue weighted by molar-refractivity contribution is 0.570. The standard InChI is InChI=1S/CH3OP.2CH4/c2-1-3;;/h1H,3H2;2*1H4. The molecule has 0 spiro atoms. The first kappa shape index (κ1) is 19.4. The molecule has 0 heterocycles. The van der Waals surface area contributed by atoms with Crippen molar-refractivity contribution in [3.8, 4) is 0 Å². The van der Waals surface area contributed by atoms with Crippen molar-refractivity contribution in [1.82, 2.24) is 0 Å².